The summed E-state index contributed by atoms with van der Waals surface area (Å²) < 4.78 is 22.6. The lowest BCUT2D eigenvalue weighted by molar-refractivity contribution is -0.359. The van der Waals surface area contributed by atoms with Crippen LogP contribution in [0.2, 0.25) is 0 Å². The van der Waals surface area contributed by atoms with E-state index >= 15 is 0 Å². The van der Waals surface area contributed by atoms with Crippen LogP contribution in [0.5, 0.6) is 0 Å². The van der Waals surface area contributed by atoms with Gasteiger partial charge in [-0.3, -0.25) is 4.79 Å². The average Bonchev–Trinajstić information content (AvgIpc) is 3.27. The van der Waals surface area contributed by atoms with Crippen molar-refractivity contribution in [3.8, 4) is 0 Å². The van der Waals surface area contributed by atoms with Crippen LogP contribution in [0, 0.1) is 0 Å². The number of aliphatic hydroxyl groups excluding tert-OH is 8. The maximum Gasteiger partial charge on any atom is 0.220 e. The Bertz CT molecular complexity index is 1190. The summed E-state index contributed by atoms with van der Waals surface area (Å²) in [6.07, 6.45) is 21.9. The first-order valence-electron chi connectivity index (χ1n) is 24.2. The minimum atomic E-state index is -1.79. The molecule has 0 aromatic rings. The summed E-state index contributed by atoms with van der Waals surface area (Å²) in [5.74, 6) is -0.262. The molecule has 0 spiro atoms. The van der Waals surface area contributed by atoms with Gasteiger partial charge in [-0.1, -0.05) is 147 Å². The molecular formula is C48H87NO13. The summed E-state index contributed by atoms with van der Waals surface area (Å²) in [4.78, 5) is 13.1. The molecule has 9 N–H and O–H groups in total. The van der Waals surface area contributed by atoms with Crippen LogP contribution in [0.4, 0.5) is 0 Å². The molecule has 2 aliphatic heterocycles. The van der Waals surface area contributed by atoms with Crippen LogP contribution in [0.15, 0.2) is 36.5 Å². The number of hydrogen-bond acceptors (Lipinski definition) is 13. The molecule has 1 amide bonds. The smallest absolute Gasteiger partial charge is 0.220 e. The highest BCUT2D eigenvalue weighted by molar-refractivity contribution is 5.76. The highest BCUT2D eigenvalue weighted by Crippen LogP contribution is 2.30. The van der Waals surface area contributed by atoms with E-state index in [0.29, 0.717) is 12.8 Å². The third-order valence-electron chi connectivity index (χ3n) is 11.8. The molecule has 2 fully saturated rings. The van der Waals surface area contributed by atoms with Crippen molar-refractivity contribution in [3.63, 3.8) is 0 Å². The van der Waals surface area contributed by atoms with E-state index in [1.54, 1.807) is 6.08 Å². The summed E-state index contributed by atoms with van der Waals surface area (Å²) in [6, 6.07) is -0.932. The largest absolute Gasteiger partial charge is 0.394 e. The van der Waals surface area contributed by atoms with Gasteiger partial charge in [-0.05, 0) is 51.4 Å². The van der Waals surface area contributed by atoms with Gasteiger partial charge in [0.05, 0.1) is 32.0 Å². The number of carbonyl (C=O) groups excluding carboxylic acids is 1. The van der Waals surface area contributed by atoms with E-state index in [2.05, 4.69) is 43.5 Å². The Kier molecular flexibility index (Phi) is 32.2. The first-order valence-corrected chi connectivity index (χ1v) is 24.2. The quantitative estimate of drug-likeness (QED) is 0.0279. The van der Waals surface area contributed by atoms with Crippen molar-refractivity contribution in [2.24, 2.45) is 0 Å². The highest BCUT2D eigenvalue weighted by atomic mass is 16.7. The number of unbranched alkanes of at least 4 members (excludes halogenated alkanes) is 19. The Labute approximate surface area is 372 Å². The molecule has 2 saturated heterocycles. The number of carbonyl (C=O) groups is 1. The predicted molar refractivity (Wildman–Crippen MR) is 240 cm³/mol. The fraction of sp³-hybridized carbons (Fsp3) is 0.854. The minimum Gasteiger partial charge on any atom is -0.394 e. The number of hydrogen-bond donors (Lipinski definition) is 9. The second-order valence-corrected chi connectivity index (χ2v) is 17.2. The van der Waals surface area contributed by atoms with E-state index in [9.17, 15) is 45.6 Å². The fourth-order valence-electron chi connectivity index (χ4n) is 7.76. The van der Waals surface area contributed by atoms with Crippen LogP contribution in [0.3, 0.4) is 0 Å². The predicted octanol–water partition coefficient (Wildman–Crippen LogP) is 5.54. The molecule has 0 aromatic heterocycles. The lowest BCUT2D eigenvalue weighted by Gasteiger charge is -2.46. The van der Waals surface area contributed by atoms with E-state index in [1.165, 1.54) is 83.5 Å². The first kappa shape index (κ1) is 56.3. The van der Waals surface area contributed by atoms with Crippen molar-refractivity contribution in [1.82, 2.24) is 5.32 Å². The molecule has 0 aromatic carbocycles. The van der Waals surface area contributed by atoms with Crippen LogP contribution in [-0.4, -0.2) is 140 Å². The average molecular weight is 886 g/mol. The van der Waals surface area contributed by atoms with Crippen LogP contribution in [0.1, 0.15) is 168 Å². The van der Waals surface area contributed by atoms with E-state index in [1.807, 2.05) is 6.08 Å². The minimum absolute atomic E-state index is 0.262. The van der Waals surface area contributed by atoms with Gasteiger partial charge in [0.15, 0.2) is 12.6 Å². The number of nitrogens with one attached hydrogen (secondary N) is 1. The topological polar surface area (TPSA) is 228 Å². The van der Waals surface area contributed by atoms with Crippen molar-refractivity contribution in [1.29, 1.82) is 0 Å². The Hall–Kier alpha value is -1.79. The number of rotatable bonds is 36. The molecule has 62 heavy (non-hydrogen) atoms. The van der Waals surface area contributed by atoms with Gasteiger partial charge >= 0.3 is 0 Å². The van der Waals surface area contributed by atoms with Gasteiger partial charge in [0, 0.05) is 6.42 Å². The molecule has 14 heteroatoms. The van der Waals surface area contributed by atoms with Gasteiger partial charge in [0.1, 0.15) is 48.8 Å². The molecule has 0 saturated carbocycles. The van der Waals surface area contributed by atoms with Crippen LogP contribution >= 0.6 is 0 Å². The van der Waals surface area contributed by atoms with Crippen molar-refractivity contribution >= 4 is 5.91 Å². The van der Waals surface area contributed by atoms with E-state index in [4.69, 9.17) is 18.9 Å². The van der Waals surface area contributed by atoms with Gasteiger partial charge in [0.25, 0.3) is 0 Å². The van der Waals surface area contributed by atoms with Gasteiger partial charge in [-0.25, -0.2) is 0 Å². The standard InChI is InChI=1S/C48H87NO13/c1-3-5-7-9-11-13-15-16-17-18-19-20-22-23-25-27-29-31-37(52)36(49-40(53)32-30-28-26-24-21-14-12-10-8-6-4-2)35-59-47-45(58)43(56)46(39(34-51)61-47)62-48-44(57)42(55)41(54)38(33-50)60-48/h10,12,22-23,29,31,36-39,41-48,50-52,54-58H,3-9,11,13-21,24-28,30,32-35H2,1-2H3,(H,49,53)/b12-10-,23-22+,31-29+. The van der Waals surface area contributed by atoms with Gasteiger partial charge in [-0.2, -0.15) is 0 Å². The number of amides is 1. The Morgan fingerprint density at radius 3 is 1.63 bits per heavy atom. The zero-order valence-corrected chi connectivity index (χ0v) is 38.1. The van der Waals surface area contributed by atoms with Crippen molar-refractivity contribution in [2.45, 2.75) is 242 Å². The molecule has 2 rings (SSSR count). The number of allylic oxidation sites excluding steroid dienone is 5. The third kappa shape index (κ3) is 22.9. The molecule has 2 aliphatic rings. The zero-order chi connectivity index (χ0) is 45.4. The Morgan fingerprint density at radius 1 is 0.565 bits per heavy atom. The maximum atomic E-state index is 13.1. The van der Waals surface area contributed by atoms with Crippen LogP contribution in [-0.2, 0) is 23.7 Å². The van der Waals surface area contributed by atoms with Crippen LogP contribution < -0.4 is 5.32 Å². The first-order chi connectivity index (χ1) is 30.1. The van der Waals surface area contributed by atoms with E-state index in [-0.39, 0.29) is 18.9 Å². The molecule has 2 heterocycles. The van der Waals surface area contributed by atoms with E-state index in [0.717, 1.165) is 51.4 Å². The second-order valence-electron chi connectivity index (χ2n) is 17.2. The second kappa shape index (κ2) is 35.5. The van der Waals surface area contributed by atoms with Crippen molar-refractivity contribution < 1.29 is 64.6 Å². The lowest BCUT2D eigenvalue weighted by atomic mass is 9.97. The molecule has 12 unspecified atom stereocenters. The van der Waals surface area contributed by atoms with E-state index < -0.39 is 86.8 Å². The van der Waals surface area contributed by atoms with Gasteiger partial charge in [-0.15, -0.1) is 0 Å². The fourth-order valence-corrected chi connectivity index (χ4v) is 7.76. The summed E-state index contributed by atoms with van der Waals surface area (Å²) in [7, 11) is 0. The normalized spacial score (nSPS) is 28.0. The molecule has 0 aliphatic carbocycles. The molecular weight excluding hydrogens is 799 g/mol. The Morgan fingerprint density at radius 2 is 1.05 bits per heavy atom. The summed E-state index contributed by atoms with van der Waals surface area (Å²) in [5, 5.41) is 86.5. The third-order valence-corrected chi connectivity index (χ3v) is 11.8. The summed E-state index contributed by atoms with van der Waals surface area (Å²) in [6.45, 7) is 2.70. The summed E-state index contributed by atoms with van der Waals surface area (Å²) >= 11 is 0. The van der Waals surface area contributed by atoms with Crippen molar-refractivity contribution in [2.75, 3.05) is 19.8 Å². The number of aliphatic hydroxyl groups is 8. The van der Waals surface area contributed by atoms with Crippen molar-refractivity contribution in [3.05, 3.63) is 36.5 Å². The molecule has 0 radical (unpaired) electrons. The van der Waals surface area contributed by atoms with Crippen LogP contribution in [0.25, 0.3) is 0 Å². The zero-order valence-electron chi connectivity index (χ0n) is 38.1. The molecule has 362 valence electrons. The lowest BCUT2D eigenvalue weighted by Crippen LogP contribution is -2.65. The summed E-state index contributed by atoms with van der Waals surface area (Å²) in [5.41, 5.74) is 0. The maximum absolute atomic E-state index is 13.1. The molecule has 12 atom stereocenters. The van der Waals surface area contributed by atoms with Gasteiger partial charge in [0.2, 0.25) is 5.91 Å². The molecule has 0 bridgehead atoms. The monoisotopic (exact) mass is 886 g/mol. The Balaban J connectivity index is 1.89. The number of ether oxygens (including phenoxy) is 4. The SMILES string of the molecule is CCCC/C=C\CCCCCCCC(=O)NC(COC1OC(CO)C(OC2OC(CO)C(O)C(O)C2O)C(O)C1O)C(O)/C=C/CC/C=C/CCCCCCCCCCCCC. The molecule has 14 nitrogen and oxygen atoms in total. The highest BCUT2D eigenvalue weighted by Gasteiger charge is 2.51. The van der Waals surface area contributed by atoms with Gasteiger partial charge < -0.3 is 65.1 Å².